The topological polar surface area (TPSA) is 30.5 Å². The molecule has 1 atom stereocenters. The summed E-state index contributed by atoms with van der Waals surface area (Å²) < 4.78 is 12.3. The van der Waals surface area contributed by atoms with Crippen LogP contribution in [0.15, 0.2) is 24.0 Å². The van der Waals surface area contributed by atoms with Crippen molar-refractivity contribution in [2.75, 3.05) is 19.7 Å². The van der Waals surface area contributed by atoms with Gasteiger partial charge in [-0.2, -0.15) is 0 Å². The van der Waals surface area contributed by atoms with Crippen molar-refractivity contribution in [3.8, 4) is 0 Å². The normalized spacial score (nSPS) is 26.0. The Bertz CT molecular complexity index is 573. The lowest BCUT2D eigenvalue weighted by Gasteiger charge is -2.37. The van der Waals surface area contributed by atoms with E-state index in [1.807, 2.05) is 0 Å². The van der Waals surface area contributed by atoms with Crippen LogP contribution < -0.4 is 5.32 Å². The van der Waals surface area contributed by atoms with E-state index in [1.165, 1.54) is 40.9 Å². The van der Waals surface area contributed by atoms with E-state index in [9.17, 15) is 0 Å². The molecule has 4 rings (SSSR count). The van der Waals surface area contributed by atoms with E-state index in [4.69, 9.17) is 9.47 Å². The smallest absolute Gasteiger partial charge is 0.113 e. The van der Waals surface area contributed by atoms with Gasteiger partial charge in [-0.15, -0.1) is 0 Å². The summed E-state index contributed by atoms with van der Waals surface area (Å²) in [5.74, 6) is 1.87. The molecule has 0 aromatic heterocycles. The Hall–Kier alpha value is -1.32. The van der Waals surface area contributed by atoms with Crippen LogP contribution in [-0.4, -0.2) is 25.8 Å². The molecule has 3 aliphatic rings. The summed E-state index contributed by atoms with van der Waals surface area (Å²) in [7, 11) is 0. The second kappa shape index (κ2) is 5.47. The zero-order valence-electron chi connectivity index (χ0n) is 12.7. The first kappa shape index (κ1) is 13.4. The van der Waals surface area contributed by atoms with Crippen LogP contribution >= 0.6 is 0 Å². The van der Waals surface area contributed by atoms with E-state index in [1.54, 1.807) is 0 Å². The zero-order valence-corrected chi connectivity index (χ0v) is 12.7. The van der Waals surface area contributed by atoms with Crippen LogP contribution in [0.1, 0.15) is 36.0 Å². The van der Waals surface area contributed by atoms with Crippen molar-refractivity contribution in [3.05, 3.63) is 40.6 Å². The predicted molar refractivity (Wildman–Crippen MR) is 82.8 cm³/mol. The van der Waals surface area contributed by atoms with E-state index in [2.05, 4.69) is 30.4 Å². The van der Waals surface area contributed by atoms with Crippen molar-refractivity contribution in [2.45, 2.75) is 38.9 Å². The minimum atomic E-state index is 0.344. The number of fused-ring (bicyclic) bond motifs is 2. The van der Waals surface area contributed by atoms with Gasteiger partial charge in [-0.05, 0) is 55.5 Å². The molecule has 1 unspecified atom stereocenters. The first-order valence-corrected chi connectivity index (χ1v) is 8.09. The first-order chi connectivity index (χ1) is 10.3. The van der Waals surface area contributed by atoms with Crippen molar-refractivity contribution in [1.29, 1.82) is 0 Å². The summed E-state index contributed by atoms with van der Waals surface area (Å²) in [6.07, 6.45) is 3.75. The molecule has 112 valence electrons. The quantitative estimate of drug-likeness (QED) is 0.860. The summed E-state index contributed by atoms with van der Waals surface area (Å²) >= 11 is 0. The number of hydrogen-bond donors (Lipinski definition) is 1. The molecule has 0 saturated carbocycles. The summed E-state index contributed by atoms with van der Waals surface area (Å²) in [6, 6.07) is 6.48. The lowest BCUT2D eigenvalue weighted by molar-refractivity contribution is -0.00491. The Kier molecular flexibility index (Phi) is 3.48. The van der Waals surface area contributed by atoms with Gasteiger partial charge in [0.2, 0.25) is 0 Å². The third-order valence-electron chi connectivity index (χ3n) is 5.14. The Morgan fingerprint density at radius 3 is 2.86 bits per heavy atom. The highest BCUT2D eigenvalue weighted by Crippen LogP contribution is 2.39. The first-order valence-electron chi connectivity index (χ1n) is 8.09. The minimum absolute atomic E-state index is 0.344. The van der Waals surface area contributed by atoms with Crippen LogP contribution in [0.5, 0.6) is 0 Å². The van der Waals surface area contributed by atoms with Gasteiger partial charge in [0.05, 0.1) is 12.7 Å². The molecule has 1 fully saturated rings. The van der Waals surface area contributed by atoms with Crippen LogP contribution in [-0.2, 0) is 16.1 Å². The fraction of sp³-hybridized carbons (Fsp3) is 0.556. The Morgan fingerprint density at radius 1 is 1.14 bits per heavy atom. The summed E-state index contributed by atoms with van der Waals surface area (Å²) in [5.41, 5.74) is 5.31. The molecular formula is C18H23NO2. The maximum atomic E-state index is 6.23. The fourth-order valence-electron chi connectivity index (χ4n) is 3.96. The molecule has 3 heterocycles. The van der Waals surface area contributed by atoms with Gasteiger partial charge >= 0.3 is 0 Å². The van der Waals surface area contributed by atoms with Gasteiger partial charge in [0.1, 0.15) is 12.4 Å². The highest BCUT2D eigenvalue weighted by Gasteiger charge is 2.33. The predicted octanol–water partition coefficient (Wildman–Crippen LogP) is 3.02. The van der Waals surface area contributed by atoms with Gasteiger partial charge in [-0.25, -0.2) is 0 Å². The summed E-state index contributed by atoms with van der Waals surface area (Å²) in [6.45, 7) is 5.86. The highest BCUT2D eigenvalue weighted by molar-refractivity contribution is 5.75. The number of aryl methyl sites for hydroxylation is 1. The lowest BCUT2D eigenvalue weighted by Crippen LogP contribution is -2.38. The summed E-state index contributed by atoms with van der Waals surface area (Å²) in [5, 5.41) is 3.43. The molecule has 1 aromatic carbocycles. The van der Waals surface area contributed by atoms with Crippen molar-refractivity contribution < 1.29 is 9.47 Å². The Balaban J connectivity index is 1.61. The van der Waals surface area contributed by atoms with Crippen LogP contribution in [0, 0.1) is 12.8 Å². The number of benzene rings is 1. The SMILES string of the molecule is Cc1cccc2c1C1=C(CC(C3CCNCC3)OC1)OC2. The summed E-state index contributed by atoms with van der Waals surface area (Å²) in [4.78, 5) is 0. The third kappa shape index (κ3) is 2.39. The number of ether oxygens (including phenoxy) is 2. The second-order valence-electron chi connectivity index (χ2n) is 6.44. The van der Waals surface area contributed by atoms with Crippen molar-refractivity contribution in [3.63, 3.8) is 0 Å². The number of rotatable bonds is 1. The third-order valence-corrected chi connectivity index (χ3v) is 5.14. The maximum Gasteiger partial charge on any atom is 0.113 e. The highest BCUT2D eigenvalue weighted by atomic mass is 16.5. The van der Waals surface area contributed by atoms with E-state index in [0.29, 0.717) is 18.6 Å². The number of hydrogen-bond acceptors (Lipinski definition) is 3. The lowest BCUT2D eigenvalue weighted by atomic mass is 9.85. The molecule has 3 nitrogen and oxygen atoms in total. The molecule has 0 amide bonds. The van der Waals surface area contributed by atoms with Gasteiger partial charge in [0, 0.05) is 12.0 Å². The second-order valence-corrected chi connectivity index (χ2v) is 6.44. The molecule has 3 aliphatic heterocycles. The zero-order chi connectivity index (χ0) is 14.2. The molecule has 3 heteroatoms. The van der Waals surface area contributed by atoms with Gasteiger partial charge in [0.15, 0.2) is 0 Å². The van der Waals surface area contributed by atoms with Gasteiger partial charge < -0.3 is 14.8 Å². The van der Waals surface area contributed by atoms with Crippen LogP contribution in [0.3, 0.4) is 0 Å². The van der Waals surface area contributed by atoms with Crippen molar-refractivity contribution in [2.24, 2.45) is 5.92 Å². The number of nitrogens with one attached hydrogen (secondary N) is 1. The average molecular weight is 285 g/mol. The molecule has 21 heavy (non-hydrogen) atoms. The van der Waals surface area contributed by atoms with Crippen LogP contribution in [0.4, 0.5) is 0 Å². The molecule has 0 aliphatic carbocycles. The van der Waals surface area contributed by atoms with Crippen molar-refractivity contribution >= 4 is 5.57 Å². The van der Waals surface area contributed by atoms with Gasteiger partial charge in [-0.1, -0.05) is 18.2 Å². The molecule has 1 saturated heterocycles. The van der Waals surface area contributed by atoms with Crippen LogP contribution in [0.25, 0.3) is 5.57 Å². The van der Waals surface area contributed by atoms with Gasteiger partial charge in [0.25, 0.3) is 0 Å². The maximum absolute atomic E-state index is 6.23. The van der Waals surface area contributed by atoms with Crippen molar-refractivity contribution in [1.82, 2.24) is 5.32 Å². The number of piperidine rings is 1. The standard InChI is InChI=1S/C18H23NO2/c1-12-3-2-4-14-10-20-17-9-16(13-5-7-19-8-6-13)21-11-15(17)18(12)14/h2-4,13,16,19H,5-11H2,1H3. The molecule has 0 radical (unpaired) electrons. The molecule has 0 spiro atoms. The fourth-order valence-corrected chi connectivity index (χ4v) is 3.96. The average Bonchev–Trinajstić information content (AvgIpc) is 2.55. The van der Waals surface area contributed by atoms with E-state index in [-0.39, 0.29) is 0 Å². The molecule has 0 bridgehead atoms. The molecular weight excluding hydrogens is 262 g/mol. The van der Waals surface area contributed by atoms with E-state index >= 15 is 0 Å². The van der Waals surface area contributed by atoms with E-state index in [0.717, 1.165) is 26.1 Å². The Morgan fingerprint density at radius 2 is 2.00 bits per heavy atom. The largest absolute Gasteiger partial charge is 0.493 e. The Labute approximate surface area is 126 Å². The minimum Gasteiger partial charge on any atom is -0.493 e. The molecule has 1 aromatic rings. The monoisotopic (exact) mass is 285 g/mol. The molecule has 1 N–H and O–H groups in total. The van der Waals surface area contributed by atoms with Crippen LogP contribution in [0.2, 0.25) is 0 Å². The van der Waals surface area contributed by atoms with Gasteiger partial charge in [-0.3, -0.25) is 0 Å². The van der Waals surface area contributed by atoms with E-state index < -0.39 is 0 Å².